The molecular formula is C99H210N4O4. The van der Waals surface area contributed by atoms with Gasteiger partial charge < -0.3 is 39.7 Å². The zero-order chi connectivity index (χ0) is 82.9. The first-order chi connectivity index (χ1) is 50.7. The van der Waals surface area contributed by atoms with Gasteiger partial charge in [-0.25, -0.2) is 0 Å². The number of rotatable bonds is 43. The summed E-state index contributed by atoms with van der Waals surface area (Å²) >= 11 is 0. The molecule has 0 radical (unpaired) electrons. The molecule has 1 aromatic carbocycles. The molecule has 8 heteroatoms. The van der Waals surface area contributed by atoms with E-state index in [0.717, 1.165) is 111 Å². The summed E-state index contributed by atoms with van der Waals surface area (Å²) in [4.78, 5) is 9.96. The Bertz CT molecular complexity index is 1670. The Morgan fingerprint density at radius 3 is 1.16 bits per heavy atom. The molecule has 0 amide bonds. The maximum atomic E-state index is 9.03. The average Bonchev–Trinajstić information content (AvgIpc) is 1.09. The van der Waals surface area contributed by atoms with Crippen LogP contribution >= 0.6 is 0 Å². The highest BCUT2D eigenvalue weighted by molar-refractivity contribution is 5.20. The molecule has 2 aliphatic heterocycles. The van der Waals surface area contributed by atoms with Crippen molar-refractivity contribution in [1.82, 2.24) is 19.6 Å². The van der Waals surface area contributed by atoms with Crippen LogP contribution in [0.3, 0.4) is 0 Å². The summed E-state index contributed by atoms with van der Waals surface area (Å²) in [5.41, 5.74) is 0. The number of hydrogen-bond donors (Lipinski definition) is 3. The third kappa shape index (κ3) is 109. The summed E-state index contributed by atoms with van der Waals surface area (Å²) in [7, 11) is 2.21. The van der Waals surface area contributed by atoms with Crippen molar-refractivity contribution in [3.63, 3.8) is 0 Å². The van der Waals surface area contributed by atoms with E-state index >= 15 is 0 Å². The number of para-hydroxylation sites is 1. The molecule has 8 nitrogen and oxygen atoms in total. The van der Waals surface area contributed by atoms with Crippen molar-refractivity contribution in [3.05, 3.63) is 30.3 Å². The van der Waals surface area contributed by atoms with E-state index in [4.69, 9.17) is 20.1 Å². The van der Waals surface area contributed by atoms with E-state index in [0.29, 0.717) is 30.3 Å². The molecule has 0 bridgehead atoms. The second kappa shape index (κ2) is 91.9. The quantitative estimate of drug-likeness (QED) is 0.0558. The van der Waals surface area contributed by atoms with Gasteiger partial charge >= 0.3 is 0 Å². The lowest BCUT2D eigenvalue weighted by Crippen LogP contribution is -2.44. The number of unbranched alkanes of at least 4 members (excludes halogenated alkanes) is 10. The summed E-state index contributed by atoms with van der Waals surface area (Å²) in [6.45, 7) is 79.9. The zero-order valence-electron chi connectivity index (χ0n) is 79.7. The predicted molar refractivity (Wildman–Crippen MR) is 490 cm³/mol. The van der Waals surface area contributed by atoms with E-state index in [1.165, 1.54) is 251 Å². The number of likely N-dealkylation sites (tertiary alicyclic amines) is 1. The van der Waals surface area contributed by atoms with Crippen LogP contribution in [0, 0.1) is 76.9 Å². The predicted octanol–water partition coefficient (Wildman–Crippen LogP) is 29.4. The summed E-state index contributed by atoms with van der Waals surface area (Å²) in [6, 6.07) is 9.95. The van der Waals surface area contributed by atoms with Crippen molar-refractivity contribution < 1.29 is 20.1 Å². The molecule has 107 heavy (non-hydrogen) atoms. The number of aliphatic hydroxyl groups is 3. The highest BCUT2D eigenvalue weighted by Gasteiger charge is 2.17. The fraction of sp³-hybridized carbons (Fsp3) is 0.939. The minimum atomic E-state index is -0.0741. The smallest absolute Gasteiger partial charge is 0.119 e. The number of piperidine rings is 1. The molecule has 3 aliphatic rings. The molecule has 3 N–H and O–H groups in total. The number of nitrogens with zero attached hydrogens (tertiary/aromatic N) is 4. The lowest BCUT2D eigenvalue weighted by molar-refractivity contribution is 0.145. The minimum Gasteiger partial charge on any atom is -0.494 e. The lowest BCUT2D eigenvalue weighted by Gasteiger charge is -2.32. The van der Waals surface area contributed by atoms with Crippen LogP contribution in [-0.2, 0) is 0 Å². The van der Waals surface area contributed by atoms with E-state index in [-0.39, 0.29) is 12.7 Å². The van der Waals surface area contributed by atoms with Crippen LogP contribution in [0.15, 0.2) is 30.3 Å². The van der Waals surface area contributed by atoms with Gasteiger partial charge in [0.2, 0.25) is 0 Å². The fourth-order valence-electron chi connectivity index (χ4n) is 12.5. The second-order valence-corrected chi connectivity index (χ2v) is 37.1. The number of aliphatic hydroxyl groups excluding tert-OH is 3. The summed E-state index contributed by atoms with van der Waals surface area (Å²) in [5, 5.41) is 26.5. The first kappa shape index (κ1) is 119. The topological polar surface area (TPSA) is 82.9 Å². The maximum Gasteiger partial charge on any atom is 0.119 e. The standard InChI is InChI=1S/C11H24N2.C11H16O.C10H23NO.C10H21N.C10H22.C9H18.C9H20.C8H18.2C7H16O.C7H16/c1-11(2)5-4-6-13-9-7-12(3)8-10-13;1-10(2)8-9-12-11-6-4-3-5-7-11;1-4-6-11(8-9-12)7-5-10(2)3;1-10(2)6-9-11-7-4-3-5-8-11;1-4-5-6-7-8-9-10(2)3;1-8(2)9-6-4-3-5-7-9;1-4-5-6-7-8-9(2)3;1-4-5-6-7-8(2)3;1-4-7(5-8)6(2)3;1-4-7(8)5-6(2)3;1-4-5-6-7(2)3/h11H,4-10H2,1-3H3;3-7,10H,8-9H2,1-2H3;10,12H,4-9H2,1-3H3;10H,3-9H2,1-2H3;10H,4-9H2,1-3H3;8-9H,3-7H2,1-2H3;9H,4-8H2,1-3H3;8H,4-7H2,1-3H3;2*6-8H,4-5H2,1-3H3;7H,4-6H2,1-3H3. The normalized spacial score (nSPS) is 14.7. The zero-order valence-corrected chi connectivity index (χ0v) is 79.7. The second-order valence-electron chi connectivity index (χ2n) is 37.1. The van der Waals surface area contributed by atoms with Gasteiger partial charge in [0.15, 0.2) is 0 Å². The van der Waals surface area contributed by atoms with Crippen LogP contribution in [-0.4, -0.2) is 140 Å². The molecule has 650 valence electrons. The molecule has 1 aromatic rings. The molecule has 3 fully saturated rings. The van der Waals surface area contributed by atoms with Crippen molar-refractivity contribution in [2.45, 2.75) is 432 Å². The molecule has 4 rings (SSSR count). The van der Waals surface area contributed by atoms with E-state index < -0.39 is 0 Å². The van der Waals surface area contributed by atoms with Crippen molar-refractivity contribution in [1.29, 1.82) is 0 Å². The number of piperazine rings is 1. The van der Waals surface area contributed by atoms with Crippen LogP contribution in [0.2, 0.25) is 0 Å². The van der Waals surface area contributed by atoms with Crippen LogP contribution in [0.4, 0.5) is 0 Å². The molecular weight excluding hydrogens is 1310 g/mol. The number of ether oxygens (including phenoxy) is 1. The van der Waals surface area contributed by atoms with E-state index in [1.54, 1.807) is 0 Å². The van der Waals surface area contributed by atoms with Crippen molar-refractivity contribution in [2.24, 2.45) is 76.9 Å². The van der Waals surface area contributed by atoms with E-state index in [9.17, 15) is 0 Å². The van der Waals surface area contributed by atoms with Crippen molar-refractivity contribution in [2.75, 3.05) is 98.9 Å². The summed E-state index contributed by atoms with van der Waals surface area (Å²) < 4.78 is 5.52. The number of hydrogen-bond acceptors (Lipinski definition) is 8. The molecule has 0 aromatic heterocycles. The molecule has 0 spiro atoms. The lowest BCUT2D eigenvalue weighted by atomic mass is 9.82. The molecule has 2 unspecified atom stereocenters. The Hall–Kier alpha value is -1.26. The van der Waals surface area contributed by atoms with Gasteiger partial charge in [-0.05, 0) is 200 Å². The van der Waals surface area contributed by atoms with Gasteiger partial charge in [-0.15, -0.1) is 0 Å². The van der Waals surface area contributed by atoms with Gasteiger partial charge in [0.25, 0.3) is 0 Å². The largest absolute Gasteiger partial charge is 0.494 e. The highest BCUT2D eigenvalue weighted by Crippen LogP contribution is 2.29. The number of benzene rings is 1. The van der Waals surface area contributed by atoms with Crippen LogP contribution in [0.1, 0.15) is 426 Å². The summed E-state index contributed by atoms with van der Waals surface area (Å²) in [6.07, 6.45) is 47.7. The van der Waals surface area contributed by atoms with Crippen LogP contribution in [0.5, 0.6) is 5.75 Å². The van der Waals surface area contributed by atoms with Gasteiger partial charge in [-0.3, -0.25) is 0 Å². The van der Waals surface area contributed by atoms with Gasteiger partial charge in [-0.1, -0.05) is 380 Å². The molecule has 1 saturated carbocycles. The highest BCUT2D eigenvalue weighted by atomic mass is 16.5. The molecule has 2 saturated heterocycles. The Labute approximate surface area is 679 Å². The fourth-order valence-corrected chi connectivity index (χ4v) is 12.5. The Kier molecular flexibility index (Phi) is 102. The third-order valence-electron chi connectivity index (χ3n) is 20.6. The average molecular weight is 1520 g/mol. The van der Waals surface area contributed by atoms with Crippen LogP contribution < -0.4 is 4.74 Å². The molecule has 2 atom stereocenters. The third-order valence-corrected chi connectivity index (χ3v) is 20.6. The maximum absolute atomic E-state index is 9.03. The van der Waals surface area contributed by atoms with Gasteiger partial charge in [0.05, 0.1) is 19.3 Å². The Morgan fingerprint density at radius 2 is 0.804 bits per heavy atom. The molecule has 1 aliphatic carbocycles. The number of likely N-dealkylation sites (N-methyl/N-ethyl adjacent to an activating group) is 1. The van der Waals surface area contributed by atoms with E-state index in [1.807, 2.05) is 37.3 Å². The minimum absolute atomic E-state index is 0.0741. The Balaban J connectivity index is -0.000000207. The summed E-state index contributed by atoms with van der Waals surface area (Å²) in [5.74, 6) is 11.6. The van der Waals surface area contributed by atoms with E-state index in [2.05, 4.69) is 221 Å². The molecule has 2 heterocycles. The van der Waals surface area contributed by atoms with Crippen molar-refractivity contribution >= 4 is 0 Å². The van der Waals surface area contributed by atoms with Gasteiger partial charge in [-0.2, -0.15) is 0 Å². The first-order valence-corrected chi connectivity index (χ1v) is 47.2. The van der Waals surface area contributed by atoms with Crippen LogP contribution in [0.25, 0.3) is 0 Å². The first-order valence-electron chi connectivity index (χ1n) is 47.2. The SMILES string of the molecule is CC(C)C1CCCCC1.CC(C)CCCN1CCN(C)CC1.CC(C)CCN1CCCCC1.CC(C)CCOc1ccccc1.CCC(CO)C(C)C.CCC(O)CC(C)C.CCCCC(C)C.CCCCCC(C)C.CCCCCCC(C)C.CCCCCCCC(C)C.CCCN(CCO)CCC(C)C. The van der Waals surface area contributed by atoms with Gasteiger partial charge in [0, 0.05) is 39.3 Å². The van der Waals surface area contributed by atoms with Gasteiger partial charge in [0.1, 0.15) is 5.75 Å². The van der Waals surface area contributed by atoms with Crippen molar-refractivity contribution in [3.8, 4) is 5.75 Å². The monoisotopic (exact) mass is 1520 g/mol. The Morgan fingerprint density at radius 1 is 0.393 bits per heavy atom.